The zero-order chi connectivity index (χ0) is 17.1. The van der Waals surface area contributed by atoms with Crippen LogP contribution < -0.4 is 5.43 Å². The van der Waals surface area contributed by atoms with Gasteiger partial charge in [-0.3, -0.25) is 14.9 Å². The van der Waals surface area contributed by atoms with E-state index >= 15 is 0 Å². The average molecular weight is 387 g/mol. The van der Waals surface area contributed by atoms with E-state index in [1.807, 2.05) is 24.3 Å². The molecule has 1 heterocycles. The Balaban J connectivity index is 1.76. The van der Waals surface area contributed by atoms with Crippen LogP contribution >= 0.6 is 15.9 Å². The molecule has 120 valence electrons. The van der Waals surface area contributed by atoms with Crippen LogP contribution in [-0.4, -0.2) is 22.0 Å². The van der Waals surface area contributed by atoms with Crippen molar-refractivity contribution < 1.29 is 9.72 Å². The van der Waals surface area contributed by atoms with Crippen LogP contribution in [0.1, 0.15) is 15.9 Å². The molecule has 0 atom stereocenters. The molecule has 3 rings (SSSR count). The molecule has 7 nitrogen and oxygen atoms in total. The largest absolute Gasteiger partial charge is 0.360 e. The van der Waals surface area contributed by atoms with Gasteiger partial charge in [-0.1, -0.05) is 24.3 Å². The average Bonchev–Trinajstić information content (AvgIpc) is 3.00. The molecule has 0 saturated carbocycles. The number of nitrogens with one attached hydrogen (secondary N) is 2. The quantitative estimate of drug-likeness (QED) is 0.406. The monoisotopic (exact) mass is 386 g/mol. The fourth-order valence-electron chi connectivity index (χ4n) is 2.23. The number of amides is 1. The van der Waals surface area contributed by atoms with Crippen LogP contribution in [0.5, 0.6) is 0 Å². The van der Waals surface area contributed by atoms with Crippen molar-refractivity contribution in [3.8, 4) is 0 Å². The fraction of sp³-hybridized carbons (Fsp3) is 0. The molecule has 0 aliphatic heterocycles. The Morgan fingerprint density at radius 1 is 1.29 bits per heavy atom. The Kier molecular flexibility index (Phi) is 4.39. The summed E-state index contributed by atoms with van der Waals surface area (Å²) in [5.41, 5.74) is 4.19. The van der Waals surface area contributed by atoms with Gasteiger partial charge in [0, 0.05) is 28.7 Å². The molecular formula is C16H11BrN4O3. The minimum absolute atomic E-state index is 0.0677. The summed E-state index contributed by atoms with van der Waals surface area (Å²) in [6.45, 7) is 0. The molecule has 0 spiro atoms. The molecule has 1 aromatic heterocycles. The first-order chi connectivity index (χ1) is 11.6. The SMILES string of the molecule is O=C(N/N=C\c1ccc(Br)c([N+](=O)[O-])c1)c1c[nH]c2ccccc12. The number of fused-ring (bicyclic) bond motifs is 1. The molecule has 0 fully saturated rings. The van der Waals surface area contributed by atoms with Crippen molar-refractivity contribution in [2.45, 2.75) is 0 Å². The molecule has 8 heteroatoms. The van der Waals surface area contributed by atoms with Gasteiger partial charge in [0.05, 0.1) is 21.2 Å². The maximum absolute atomic E-state index is 12.2. The number of halogens is 1. The van der Waals surface area contributed by atoms with E-state index in [1.54, 1.807) is 18.3 Å². The van der Waals surface area contributed by atoms with Gasteiger partial charge in [0.2, 0.25) is 0 Å². The lowest BCUT2D eigenvalue weighted by molar-refractivity contribution is -0.385. The number of para-hydroxylation sites is 1. The first kappa shape index (κ1) is 15.9. The number of benzene rings is 2. The van der Waals surface area contributed by atoms with Gasteiger partial charge in [-0.2, -0.15) is 5.10 Å². The number of rotatable bonds is 4. The number of hydrazone groups is 1. The zero-order valence-corrected chi connectivity index (χ0v) is 13.8. The predicted molar refractivity (Wildman–Crippen MR) is 94.2 cm³/mol. The van der Waals surface area contributed by atoms with E-state index in [1.165, 1.54) is 12.3 Å². The van der Waals surface area contributed by atoms with Crippen LogP contribution in [0, 0.1) is 10.1 Å². The van der Waals surface area contributed by atoms with Gasteiger partial charge < -0.3 is 4.98 Å². The Labute approximate surface area is 144 Å². The van der Waals surface area contributed by atoms with Gasteiger partial charge in [-0.25, -0.2) is 5.43 Å². The highest BCUT2D eigenvalue weighted by molar-refractivity contribution is 9.10. The Morgan fingerprint density at radius 2 is 2.08 bits per heavy atom. The van der Waals surface area contributed by atoms with E-state index in [2.05, 4.69) is 31.4 Å². The molecule has 2 N–H and O–H groups in total. The van der Waals surface area contributed by atoms with Crippen molar-refractivity contribution in [3.63, 3.8) is 0 Å². The Hall–Kier alpha value is -3.00. The van der Waals surface area contributed by atoms with Crippen LogP contribution in [0.25, 0.3) is 10.9 Å². The molecule has 0 radical (unpaired) electrons. The summed E-state index contributed by atoms with van der Waals surface area (Å²) < 4.78 is 0.382. The number of hydrogen-bond donors (Lipinski definition) is 2. The zero-order valence-electron chi connectivity index (χ0n) is 12.2. The Bertz CT molecular complexity index is 965. The van der Waals surface area contributed by atoms with E-state index in [-0.39, 0.29) is 11.6 Å². The second-order valence-electron chi connectivity index (χ2n) is 4.92. The van der Waals surface area contributed by atoms with Gasteiger partial charge >= 0.3 is 0 Å². The normalized spacial score (nSPS) is 11.0. The summed E-state index contributed by atoms with van der Waals surface area (Å²) >= 11 is 3.11. The number of carbonyl (C=O) groups is 1. The van der Waals surface area contributed by atoms with Gasteiger partial charge in [-0.15, -0.1) is 0 Å². The summed E-state index contributed by atoms with van der Waals surface area (Å²) in [5.74, 6) is -0.365. The van der Waals surface area contributed by atoms with E-state index in [4.69, 9.17) is 0 Å². The predicted octanol–water partition coefficient (Wildman–Crippen LogP) is 3.60. The second kappa shape index (κ2) is 6.63. The van der Waals surface area contributed by atoms with Crippen molar-refractivity contribution in [1.29, 1.82) is 0 Å². The summed E-state index contributed by atoms with van der Waals surface area (Å²) in [5, 5.41) is 15.5. The molecule has 0 saturated heterocycles. The van der Waals surface area contributed by atoms with Gasteiger partial charge in [0.1, 0.15) is 0 Å². The molecule has 0 bridgehead atoms. The van der Waals surface area contributed by atoms with E-state index in [0.29, 0.717) is 15.6 Å². The molecule has 1 amide bonds. The highest BCUT2D eigenvalue weighted by atomic mass is 79.9. The van der Waals surface area contributed by atoms with Crippen LogP contribution in [0.3, 0.4) is 0 Å². The summed E-state index contributed by atoms with van der Waals surface area (Å²) in [6.07, 6.45) is 2.96. The molecule has 0 unspecified atom stereocenters. The number of hydrogen-bond acceptors (Lipinski definition) is 4. The maximum atomic E-state index is 12.2. The highest BCUT2D eigenvalue weighted by Crippen LogP contribution is 2.25. The van der Waals surface area contributed by atoms with Gasteiger partial charge in [-0.05, 0) is 28.1 Å². The first-order valence-corrected chi connectivity index (χ1v) is 7.69. The van der Waals surface area contributed by atoms with Crippen LogP contribution in [0.4, 0.5) is 5.69 Å². The number of aromatic amines is 1. The molecule has 0 aliphatic carbocycles. The minimum Gasteiger partial charge on any atom is -0.360 e. The topological polar surface area (TPSA) is 100 Å². The second-order valence-corrected chi connectivity index (χ2v) is 5.77. The van der Waals surface area contributed by atoms with E-state index in [9.17, 15) is 14.9 Å². The fourth-order valence-corrected chi connectivity index (χ4v) is 2.63. The van der Waals surface area contributed by atoms with Gasteiger partial charge in [0.25, 0.3) is 11.6 Å². The van der Waals surface area contributed by atoms with Crippen molar-refractivity contribution in [2.75, 3.05) is 0 Å². The number of H-pyrrole nitrogens is 1. The van der Waals surface area contributed by atoms with Crippen LogP contribution in [0.15, 0.2) is 58.2 Å². The number of nitro benzene ring substituents is 1. The van der Waals surface area contributed by atoms with Crippen molar-refractivity contribution >= 4 is 44.6 Å². The van der Waals surface area contributed by atoms with Crippen molar-refractivity contribution in [3.05, 3.63) is 74.4 Å². The third-order valence-corrected chi connectivity index (χ3v) is 4.05. The summed E-state index contributed by atoms with van der Waals surface area (Å²) in [7, 11) is 0. The number of carbonyl (C=O) groups excluding carboxylic acids is 1. The van der Waals surface area contributed by atoms with Crippen LogP contribution in [-0.2, 0) is 0 Å². The first-order valence-electron chi connectivity index (χ1n) is 6.90. The lowest BCUT2D eigenvalue weighted by Gasteiger charge is -1.99. The third-order valence-electron chi connectivity index (χ3n) is 3.38. The third kappa shape index (κ3) is 3.18. The molecule has 24 heavy (non-hydrogen) atoms. The van der Waals surface area contributed by atoms with E-state index < -0.39 is 4.92 Å². The maximum Gasteiger partial charge on any atom is 0.284 e. The molecule has 0 aliphatic rings. The molecular weight excluding hydrogens is 376 g/mol. The lowest BCUT2D eigenvalue weighted by Crippen LogP contribution is -2.17. The summed E-state index contributed by atoms with van der Waals surface area (Å²) in [6, 6.07) is 12.0. The summed E-state index contributed by atoms with van der Waals surface area (Å²) in [4.78, 5) is 25.6. The van der Waals surface area contributed by atoms with Crippen molar-refractivity contribution in [2.24, 2.45) is 5.10 Å². The standard InChI is InChI=1S/C16H11BrN4O3/c17-13-6-5-10(7-15(13)21(23)24)8-19-20-16(22)12-9-18-14-4-2-1-3-11(12)14/h1-9,18H,(H,20,22)/b19-8-. The highest BCUT2D eigenvalue weighted by Gasteiger charge is 2.12. The smallest absolute Gasteiger partial charge is 0.284 e. The number of nitro groups is 1. The number of nitrogens with zero attached hydrogens (tertiary/aromatic N) is 2. The minimum atomic E-state index is -0.494. The van der Waals surface area contributed by atoms with Crippen molar-refractivity contribution in [1.82, 2.24) is 10.4 Å². The number of aromatic nitrogens is 1. The molecule has 3 aromatic rings. The van der Waals surface area contributed by atoms with Crippen LogP contribution in [0.2, 0.25) is 0 Å². The molecule has 2 aromatic carbocycles. The lowest BCUT2D eigenvalue weighted by atomic mass is 10.2. The van der Waals surface area contributed by atoms with E-state index in [0.717, 1.165) is 10.9 Å². The van der Waals surface area contributed by atoms with Gasteiger partial charge in [0.15, 0.2) is 0 Å². The Morgan fingerprint density at radius 3 is 2.88 bits per heavy atom.